The Morgan fingerprint density at radius 3 is 2.68 bits per heavy atom. The van der Waals surface area contributed by atoms with E-state index in [1.807, 2.05) is 53.1 Å². The topological polar surface area (TPSA) is 53.5 Å². The number of aromatic nitrogens is 6. The third kappa shape index (κ3) is 2.16. The molecule has 3 rings (SSSR count). The van der Waals surface area contributed by atoms with Gasteiger partial charge in [-0.1, -0.05) is 0 Å². The molecule has 0 bridgehead atoms. The third-order valence-electron chi connectivity index (χ3n) is 3.15. The lowest BCUT2D eigenvalue weighted by Crippen LogP contribution is -2.09. The standard InChI is InChI=1S/C13H16N6/c1-3-19-11(2)15-16-13(19)10-18-9-12(8-14-18)17-6-4-5-7-17/h4-9H,3,10H2,1-2H3. The molecular weight excluding hydrogens is 240 g/mol. The van der Waals surface area contributed by atoms with E-state index in [-0.39, 0.29) is 0 Å². The molecule has 0 amide bonds. The summed E-state index contributed by atoms with van der Waals surface area (Å²) in [6, 6.07) is 3.99. The average molecular weight is 256 g/mol. The minimum absolute atomic E-state index is 0.635. The summed E-state index contributed by atoms with van der Waals surface area (Å²) in [6.07, 6.45) is 7.85. The highest BCUT2D eigenvalue weighted by atomic mass is 15.3. The maximum atomic E-state index is 4.37. The Morgan fingerprint density at radius 2 is 1.95 bits per heavy atom. The number of hydrogen-bond acceptors (Lipinski definition) is 3. The Morgan fingerprint density at radius 1 is 1.16 bits per heavy atom. The van der Waals surface area contributed by atoms with Crippen molar-refractivity contribution in [2.75, 3.05) is 0 Å². The van der Waals surface area contributed by atoms with E-state index in [0.717, 1.165) is 23.9 Å². The van der Waals surface area contributed by atoms with Crippen molar-refractivity contribution in [1.29, 1.82) is 0 Å². The van der Waals surface area contributed by atoms with Crippen LogP contribution in [0.4, 0.5) is 0 Å². The second-order valence-corrected chi connectivity index (χ2v) is 4.39. The summed E-state index contributed by atoms with van der Waals surface area (Å²) in [4.78, 5) is 0. The Kier molecular flexibility index (Phi) is 2.91. The van der Waals surface area contributed by atoms with Gasteiger partial charge in [-0.2, -0.15) is 5.10 Å². The molecule has 98 valence electrons. The number of rotatable bonds is 4. The first-order valence-corrected chi connectivity index (χ1v) is 6.32. The molecule has 0 N–H and O–H groups in total. The van der Waals surface area contributed by atoms with E-state index < -0.39 is 0 Å². The molecule has 3 aromatic rings. The van der Waals surface area contributed by atoms with Crippen molar-refractivity contribution < 1.29 is 0 Å². The molecule has 0 aromatic carbocycles. The predicted octanol–water partition coefficient (Wildman–Crippen LogP) is 1.64. The molecular formula is C13H16N6. The second kappa shape index (κ2) is 4.72. The zero-order chi connectivity index (χ0) is 13.2. The Balaban J connectivity index is 1.84. The van der Waals surface area contributed by atoms with Crippen LogP contribution in [-0.2, 0) is 13.1 Å². The molecule has 3 aromatic heterocycles. The highest BCUT2D eigenvalue weighted by molar-refractivity contribution is 5.26. The largest absolute Gasteiger partial charge is 0.321 e. The summed E-state index contributed by atoms with van der Waals surface area (Å²) in [7, 11) is 0. The fraction of sp³-hybridized carbons (Fsp3) is 0.308. The van der Waals surface area contributed by atoms with Crippen LogP contribution >= 0.6 is 0 Å². The van der Waals surface area contributed by atoms with Gasteiger partial charge in [-0.15, -0.1) is 10.2 Å². The van der Waals surface area contributed by atoms with E-state index >= 15 is 0 Å². The number of hydrogen-bond donors (Lipinski definition) is 0. The van der Waals surface area contributed by atoms with E-state index in [4.69, 9.17) is 0 Å². The zero-order valence-corrected chi connectivity index (χ0v) is 11.1. The molecule has 0 radical (unpaired) electrons. The third-order valence-corrected chi connectivity index (χ3v) is 3.15. The van der Waals surface area contributed by atoms with E-state index in [2.05, 4.69) is 26.8 Å². The highest BCUT2D eigenvalue weighted by Crippen LogP contribution is 2.08. The summed E-state index contributed by atoms with van der Waals surface area (Å²) in [5.41, 5.74) is 1.05. The molecule has 0 atom stereocenters. The Bertz CT molecular complexity index is 661. The van der Waals surface area contributed by atoms with Gasteiger partial charge in [0.1, 0.15) is 12.4 Å². The SMILES string of the molecule is CCn1c(C)nnc1Cn1cc(-n2cccc2)cn1. The van der Waals surface area contributed by atoms with Gasteiger partial charge in [0, 0.05) is 25.1 Å². The van der Waals surface area contributed by atoms with Gasteiger partial charge in [0.15, 0.2) is 5.82 Å². The summed E-state index contributed by atoms with van der Waals surface area (Å²) in [5, 5.41) is 12.7. The van der Waals surface area contributed by atoms with Crippen molar-refractivity contribution in [1.82, 2.24) is 29.1 Å². The van der Waals surface area contributed by atoms with Crippen LogP contribution in [0.15, 0.2) is 36.9 Å². The quantitative estimate of drug-likeness (QED) is 0.713. The van der Waals surface area contributed by atoms with E-state index in [1.165, 1.54) is 0 Å². The minimum Gasteiger partial charge on any atom is -0.321 e. The van der Waals surface area contributed by atoms with Crippen LogP contribution in [0.1, 0.15) is 18.6 Å². The van der Waals surface area contributed by atoms with Crippen LogP contribution < -0.4 is 0 Å². The molecule has 3 heterocycles. The van der Waals surface area contributed by atoms with Crippen LogP contribution in [0.25, 0.3) is 5.69 Å². The molecule has 0 fully saturated rings. The molecule has 0 unspecified atom stereocenters. The monoisotopic (exact) mass is 256 g/mol. The van der Waals surface area contributed by atoms with Gasteiger partial charge in [-0.25, -0.2) is 0 Å². The first-order valence-electron chi connectivity index (χ1n) is 6.32. The molecule has 0 saturated heterocycles. The van der Waals surface area contributed by atoms with E-state index in [9.17, 15) is 0 Å². The first kappa shape index (κ1) is 11.7. The van der Waals surface area contributed by atoms with Crippen LogP contribution in [0.3, 0.4) is 0 Å². The second-order valence-electron chi connectivity index (χ2n) is 4.39. The fourth-order valence-corrected chi connectivity index (χ4v) is 2.18. The van der Waals surface area contributed by atoms with Gasteiger partial charge in [0.05, 0.1) is 11.9 Å². The number of aryl methyl sites for hydroxylation is 1. The molecule has 0 aliphatic rings. The molecule has 0 saturated carbocycles. The van der Waals surface area contributed by atoms with Crippen molar-refractivity contribution in [3.63, 3.8) is 0 Å². The first-order chi connectivity index (χ1) is 9.28. The highest BCUT2D eigenvalue weighted by Gasteiger charge is 2.08. The molecule has 0 spiro atoms. The Labute approximate surface area is 111 Å². The van der Waals surface area contributed by atoms with E-state index in [0.29, 0.717) is 6.54 Å². The van der Waals surface area contributed by atoms with Crippen molar-refractivity contribution in [2.24, 2.45) is 0 Å². The van der Waals surface area contributed by atoms with Crippen molar-refractivity contribution in [2.45, 2.75) is 26.9 Å². The van der Waals surface area contributed by atoms with Gasteiger partial charge in [-0.05, 0) is 26.0 Å². The maximum absolute atomic E-state index is 4.37. The molecule has 19 heavy (non-hydrogen) atoms. The Hall–Kier alpha value is -2.37. The van der Waals surface area contributed by atoms with E-state index in [1.54, 1.807) is 0 Å². The van der Waals surface area contributed by atoms with Crippen molar-refractivity contribution >= 4 is 0 Å². The van der Waals surface area contributed by atoms with Gasteiger partial charge >= 0.3 is 0 Å². The predicted molar refractivity (Wildman–Crippen MR) is 71.1 cm³/mol. The zero-order valence-electron chi connectivity index (χ0n) is 11.1. The summed E-state index contributed by atoms with van der Waals surface area (Å²) >= 11 is 0. The average Bonchev–Trinajstić information content (AvgIpc) is 3.11. The fourth-order valence-electron chi connectivity index (χ4n) is 2.18. The maximum Gasteiger partial charge on any atom is 0.154 e. The van der Waals surface area contributed by atoms with Crippen molar-refractivity contribution in [3.05, 3.63) is 48.6 Å². The molecule has 6 nitrogen and oxygen atoms in total. The lowest BCUT2D eigenvalue weighted by atomic mass is 10.5. The summed E-state index contributed by atoms with van der Waals surface area (Å²) in [6.45, 7) is 5.57. The lowest BCUT2D eigenvalue weighted by molar-refractivity contribution is 0.600. The van der Waals surface area contributed by atoms with Gasteiger partial charge in [-0.3, -0.25) is 4.68 Å². The van der Waals surface area contributed by atoms with Crippen LogP contribution in [0.5, 0.6) is 0 Å². The molecule has 6 heteroatoms. The molecule has 0 aliphatic carbocycles. The van der Waals surface area contributed by atoms with Crippen LogP contribution in [0.2, 0.25) is 0 Å². The van der Waals surface area contributed by atoms with Gasteiger partial charge in [0.25, 0.3) is 0 Å². The normalized spacial score (nSPS) is 11.1. The van der Waals surface area contributed by atoms with Gasteiger partial charge in [0.2, 0.25) is 0 Å². The van der Waals surface area contributed by atoms with Gasteiger partial charge < -0.3 is 9.13 Å². The van der Waals surface area contributed by atoms with Crippen LogP contribution in [0, 0.1) is 6.92 Å². The summed E-state index contributed by atoms with van der Waals surface area (Å²) in [5.74, 6) is 1.87. The van der Waals surface area contributed by atoms with Crippen molar-refractivity contribution in [3.8, 4) is 5.69 Å². The molecule has 0 aliphatic heterocycles. The number of nitrogens with zero attached hydrogens (tertiary/aromatic N) is 6. The smallest absolute Gasteiger partial charge is 0.154 e. The minimum atomic E-state index is 0.635. The van der Waals surface area contributed by atoms with Crippen LogP contribution in [-0.4, -0.2) is 29.1 Å². The lowest BCUT2D eigenvalue weighted by Gasteiger charge is -2.05. The summed E-state index contributed by atoms with van der Waals surface area (Å²) < 4.78 is 6.00.